The second kappa shape index (κ2) is 15.5. The average Bonchev–Trinajstić information content (AvgIpc) is 4.01. The van der Waals surface area contributed by atoms with Gasteiger partial charge in [-0.2, -0.15) is 0 Å². The van der Waals surface area contributed by atoms with E-state index >= 15 is 0 Å². The standard InChI is InChI=1S/C39H50F3N5O10S/c1-21-10-8-9-11-23-19-39(23,34(50)46-58(52,53)37(5)13-14-37)45-31(48)28-18-25(56-32-27-16-24(40)17-29(54-7)26(27)12-15-43-32)20-47(28)33(49)30(22(2)55-21)44-35(51)57-36(3,4)38(6,41)42/h9,11-12,15-17,21-23,25,28,30H,8,10,13-14,18-20H2,1-7H3,(H,44,51)(H,45,48)(H,46,50)/b11-9-/t21-,22+,23-,25-,28+,30+,39-/m1/s1. The second-order valence-electron chi connectivity index (χ2n) is 16.5. The number of carbonyl (C=O) groups is 4. The number of carbonyl (C=O) groups excluding carboxylic acids is 4. The van der Waals surface area contributed by atoms with Crippen molar-refractivity contribution < 1.29 is 59.7 Å². The number of amides is 4. The lowest BCUT2D eigenvalue weighted by atomic mass is 10.0. The van der Waals surface area contributed by atoms with Gasteiger partial charge in [0.2, 0.25) is 27.7 Å². The van der Waals surface area contributed by atoms with Crippen LogP contribution in [-0.2, 0) is 33.9 Å². The lowest BCUT2D eigenvalue weighted by molar-refractivity contribution is -0.153. The van der Waals surface area contributed by atoms with Crippen molar-refractivity contribution in [2.45, 2.75) is 132 Å². The molecule has 4 aliphatic rings. The summed E-state index contributed by atoms with van der Waals surface area (Å²) in [5.74, 6) is -7.15. The Hall–Kier alpha value is -4.65. The summed E-state index contributed by atoms with van der Waals surface area (Å²) in [5.41, 5.74) is -3.97. The highest BCUT2D eigenvalue weighted by molar-refractivity contribution is 7.91. The third kappa shape index (κ3) is 8.56. The quantitative estimate of drug-likeness (QED) is 0.306. The number of nitrogens with zero attached hydrogens (tertiary/aromatic N) is 2. The number of allylic oxidation sites excluding steroid dienone is 1. The first-order valence-electron chi connectivity index (χ1n) is 19.2. The van der Waals surface area contributed by atoms with Gasteiger partial charge in [0.05, 0.1) is 36.0 Å². The zero-order valence-corrected chi connectivity index (χ0v) is 34.2. The molecule has 3 heterocycles. The van der Waals surface area contributed by atoms with Gasteiger partial charge in [-0.05, 0) is 78.9 Å². The summed E-state index contributed by atoms with van der Waals surface area (Å²) in [6.45, 7) is 7.08. The molecule has 3 N–H and O–H groups in total. The van der Waals surface area contributed by atoms with Crippen molar-refractivity contribution >= 4 is 44.6 Å². The molecule has 0 bridgehead atoms. The number of ether oxygens (including phenoxy) is 4. The Morgan fingerprint density at radius 3 is 2.48 bits per heavy atom. The number of pyridine rings is 1. The molecule has 2 aromatic rings. The van der Waals surface area contributed by atoms with Crippen molar-refractivity contribution in [3.8, 4) is 11.6 Å². The summed E-state index contributed by atoms with van der Waals surface area (Å²) in [5, 5.41) is 5.85. The van der Waals surface area contributed by atoms with Gasteiger partial charge >= 0.3 is 6.09 Å². The minimum Gasteiger partial charge on any atom is -0.496 e. The summed E-state index contributed by atoms with van der Waals surface area (Å²) >= 11 is 0. The molecule has 2 aliphatic carbocycles. The third-order valence-corrected chi connectivity index (χ3v) is 13.8. The fourth-order valence-electron chi connectivity index (χ4n) is 7.19. The van der Waals surface area contributed by atoms with E-state index < -0.39 is 97.8 Å². The van der Waals surface area contributed by atoms with Crippen LogP contribution < -0.4 is 24.8 Å². The Morgan fingerprint density at radius 1 is 1.12 bits per heavy atom. The monoisotopic (exact) mass is 837 g/mol. The molecule has 0 unspecified atom stereocenters. The highest BCUT2D eigenvalue weighted by Gasteiger charge is 2.63. The molecule has 2 saturated carbocycles. The molecule has 19 heteroatoms. The maximum Gasteiger partial charge on any atom is 0.408 e. The molecule has 3 fully saturated rings. The first kappa shape index (κ1) is 42.9. The molecule has 6 rings (SSSR count). The van der Waals surface area contributed by atoms with E-state index in [1.165, 1.54) is 39.3 Å². The van der Waals surface area contributed by atoms with Crippen molar-refractivity contribution in [2.24, 2.45) is 5.92 Å². The first-order chi connectivity index (χ1) is 27.0. The van der Waals surface area contributed by atoms with E-state index in [9.17, 15) is 40.8 Å². The molecule has 15 nitrogen and oxygen atoms in total. The molecule has 4 amide bonds. The zero-order valence-electron chi connectivity index (χ0n) is 33.4. The SMILES string of the molecule is COc1cc(F)cc2c(O[C@@H]3C[C@H]4C(=O)N[C@]5(C(=O)NS(=O)(=O)C6(C)CC6)C[C@H]5/C=C\CC[C@@H](C)O[C@@H](C)[C@H](NC(=O)OC(C)(C)C(C)(F)F)C(=O)N4C3)nccc12. The highest BCUT2D eigenvalue weighted by atomic mass is 32.2. The number of benzene rings is 1. The molecule has 1 aromatic carbocycles. The van der Waals surface area contributed by atoms with Crippen molar-refractivity contribution in [1.82, 2.24) is 25.2 Å². The van der Waals surface area contributed by atoms with Crippen molar-refractivity contribution in [3.63, 3.8) is 0 Å². The van der Waals surface area contributed by atoms with Crippen molar-refractivity contribution in [2.75, 3.05) is 13.7 Å². The van der Waals surface area contributed by atoms with E-state index in [1.54, 1.807) is 25.1 Å². The van der Waals surface area contributed by atoms with Gasteiger partial charge in [0, 0.05) is 36.9 Å². The number of methoxy groups -OCH3 is 1. The van der Waals surface area contributed by atoms with Crippen LogP contribution >= 0.6 is 0 Å². The topological polar surface area (TPSA) is 192 Å². The van der Waals surface area contributed by atoms with E-state index in [-0.39, 0.29) is 36.4 Å². The van der Waals surface area contributed by atoms with Gasteiger partial charge in [-0.1, -0.05) is 12.2 Å². The Balaban J connectivity index is 1.36. The second-order valence-corrected chi connectivity index (χ2v) is 18.7. The number of fused-ring (bicyclic) bond motifs is 3. The van der Waals surface area contributed by atoms with Crippen LogP contribution in [0.1, 0.15) is 80.1 Å². The molecular formula is C39H50F3N5O10S. The van der Waals surface area contributed by atoms with Crippen molar-refractivity contribution in [3.05, 3.63) is 42.4 Å². The first-order valence-corrected chi connectivity index (χ1v) is 20.7. The summed E-state index contributed by atoms with van der Waals surface area (Å²) in [6.07, 6.45) is 2.45. The van der Waals surface area contributed by atoms with Gasteiger partial charge in [-0.25, -0.2) is 31.4 Å². The van der Waals surface area contributed by atoms with E-state index in [1.807, 2.05) is 0 Å². The third-order valence-electron chi connectivity index (χ3n) is 11.7. The summed E-state index contributed by atoms with van der Waals surface area (Å²) < 4.78 is 93.7. The van der Waals surface area contributed by atoms with Gasteiger partial charge in [0.15, 0.2) is 5.60 Å². The van der Waals surface area contributed by atoms with Crippen LogP contribution in [-0.4, -0.2) is 108 Å². The average molecular weight is 838 g/mol. The van der Waals surface area contributed by atoms with Gasteiger partial charge in [-0.3, -0.25) is 19.1 Å². The summed E-state index contributed by atoms with van der Waals surface area (Å²) in [6, 6.07) is 0.999. The van der Waals surface area contributed by atoms with Gasteiger partial charge in [0.25, 0.3) is 11.8 Å². The predicted molar refractivity (Wildman–Crippen MR) is 203 cm³/mol. The molecule has 0 spiro atoms. The Morgan fingerprint density at radius 2 is 1.83 bits per heavy atom. The largest absolute Gasteiger partial charge is 0.496 e. The molecule has 0 radical (unpaired) electrons. The smallest absolute Gasteiger partial charge is 0.408 e. The number of alkyl carbamates (subject to hydrolysis) is 1. The summed E-state index contributed by atoms with van der Waals surface area (Å²) in [7, 11) is -2.73. The maximum absolute atomic E-state index is 14.7. The number of rotatable bonds is 9. The van der Waals surface area contributed by atoms with Crippen LogP contribution in [0.15, 0.2) is 36.5 Å². The fraction of sp³-hybridized carbons (Fsp3) is 0.615. The Labute approximate surface area is 334 Å². The minimum absolute atomic E-state index is 0.0376. The summed E-state index contributed by atoms with van der Waals surface area (Å²) in [4.78, 5) is 61.7. The van der Waals surface area contributed by atoms with Crippen LogP contribution in [0.3, 0.4) is 0 Å². The molecular weight excluding hydrogens is 788 g/mol. The minimum atomic E-state index is -4.10. The number of nitrogens with one attached hydrogen (secondary N) is 3. The van der Waals surface area contributed by atoms with Crippen LogP contribution in [0.5, 0.6) is 11.6 Å². The molecule has 2 aliphatic heterocycles. The molecule has 318 valence electrons. The fourth-order valence-corrected chi connectivity index (χ4v) is 8.51. The Kier molecular flexibility index (Phi) is 11.5. The van der Waals surface area contributed by atoms with Gasteiger partial charge in [0.1, 0.15) is 35.3 Å². The van der Waals surface area contributed by atoms with Gasteiger partial charge in [-0.15, -0.1) is 0 Å². The molecule has 7 atom stereocenters. The predicted octanol–water partition coefficient (Wildman–Crippen LogP) is 4.28. The molecule has 58 heavy (non-hydrogen) atoms. The zero-order chi connectivity index (χ0) is 42.6. The van der Waals surface area contributed by atoms with E-state index in [4.69, 9.17) is 18.9 Å². The number of alkyl halides is 2. The van der Waals surface area contributed by atoms with Crippen molar-refractivity contribution in [1.29, 1.82) is 0 Å². The van der Waals surface area contributed by atoms with Crippen LogP contribution in [0.2, 0.25) is 0 Å². The van der Waals surface area contributed by atoms with E-state index in [0.29, 0.717) is 38.0 Å². The molecule has 1 aromatic heterocycles. The molecule has 1 saturated heterocycles. The maximum atomic E-state index is 14.7. The normalized spacial score (nSPS) is 29.4. The number of aromatic nitrogens is 1. The Bertz CT molecular complexity index is 2110. The highest BCUT2D eigenvalue weighted by Crippen LogP contribution is 2.47. The number of hydrogen-bond acceptors (Lipinski definition) is 11. The van der Waals surface area contributed by atoms with Crippen LogP contribution in [0.25, 0.3) is 10.8 Å². The van der Waals surface area contributed by atoms with Crippen LogP contribution in [0, 0.1) is 11.7 Å². The number of sulfonamides is 1. The van der Waals surface area contributed by atoms with Gasteiger partial charge < -0.3 is 34.5 Å². The lowest BCUT2D eigenvalue weighted by Crippen LogP contribution is -2.60. The number of halogens is 3. The van der Waals surface area contributed by atoms with Crippen LogP contribution in [0.4, 0.5) is 18.0 Å². The lowest BCUT2D eigenvalue weighted by Gasteiger charge is -2.35. The number of hydrogen-bond donors (Lipinski definition) is 3. The van der Waals surface area contributed by atoms with E-state index in [2.05, 4.69) is 20.3 Å². The van der Waals surface area contributed by atoms with E-state index in [0.717, 1.165) is 18.7 Å².